The molecule has 0 spiro atoms. The molecule has 0 saturated heterocycles. The van der Waals surface area contributed by atoms with E-state index in [1.165, 1.54) is 11.1 Å². The Labute approximate surface area is 129 Å². The van der Waals surface area contributed by atoms with Crippen molar-refractivity contribution in [3.05, 3.63) is 29.3 Å². The second-order valence-corrected chi connectivity index (χ2v) is 6.52. The van der Waals surface area contributed by atoms with E-state index in [0.29, 0.717) is 13.0 Å². The van der Waals surface area contributed by atoms with Gasteiger partial charge in [0.1, 0.15) is 5.75 Å². The van der Waals surface area contributed by atoms with Crippen LogP contribution in [0.3, 0.4) is 0 Å². The highest BCUT2D eigenvalue weighted by molar-refractivity contribution is 5.41. The van der Waals surface area contributed by atoms with E-state index in [-0.39, 0.29) is 11.5 Å². The molecule has 116 valence electrons. The molecule has 0 radical (unpaired) electrons. The van der Waals surface area contributed by atoms with Crippen molar-refractivity contribution >= 4 is 0 Å². The van der Waals surface area contributed by atoms with Crippen molar-refractivity contribution in [1.29, 1.82) is 5.26 Å². The highest BCUT2D eigenvalue weighted by Crippen LogP contribution is 2.32. The van der Waals surface area contributed by atoms with Crippen molar-refractivity contribution in [2.24, 2.45) is 0 Å². The molecule has 0 aromatic heterocycles. The third-order valence-corrected chi connectivity index (χ3v) is 3.40. The van der Waals surface area contributed by atoms with Gasteiger partial charge in [0.15, 0.2) is 0 Å². The lowest BCUT2D eigenvalue weighted by molar-refractivity contribution is 0.290. The van der Waals surface area contributed by atoms with E-state index >= 15 is 0 Å². The summed E-state index contributed by atoms with van der Waals surface area (Å²) in [6.45, 7) is 12.2. The molecule has 1 aromatic rings. The first-order chi connectivity index (χ1) is 9.88. The van der Waals surface area contributed by atoms with Gasteiger partial charge in [0.05, 0.1) is 18.7 Å². The van der Waals surface area contributed by atoms with Gasteiger partial charge < -0.3 is 10.1 Å². The molecule has 1 atom stereocenters. The predicted molar refractivity (Wildman–Crippen MR) is 87.7 cm³/mol. The molecular weight excluding hydrogens is 260 g/mol. The van der Waals surface area contributed by atoms with Crippen LogP contribution in [-0.4, -0.2) is 19.2 Å². The third kappa shape index (κ3) is 5.77. The summed E-state index contributed by atoms with van der Waals surface area (Å²) < 4.78 is 5.94. The largest absolute Gasteiger partial charge is 0.493 e. The summed E-state index contributed by atoms with van der Waals surface area (Å²) in [6, 6.07) is 8.45. The minimum Gasteiger partial charge on any atom is -0.493 e. The minimum absolute atomic E-state index is 0.0520. The maximum atomic E-state index is 9.10. The molecule has 0 aliphatic heterocycles. The molecule has 0 fully saturated rings. The monoisotopic (exact) mass is 288 g/mol. The first kappa shape index (κ1) is 17.5. The highest BCUT2D eigenvalue weighted by Gasteiger charge is 2.19. The lowest BCUT2D eigenvalue weighted by Gasteiger charge is -2.23. The van der Waals surface area contributed by atoms with E-state index in [1.807, 2.05) is 6.07 Å². The lowest BCUT2D eigenvalue weighted by Crippen LogP contribution is -2.30. The number of rotatable bonds is 7. The van der Waals surface area contributed by atoms with Crippen molar-refractivity contribution in [2.45, 2.75) is 58.9 Å². The zero-order valence-electron chi connectivity index (χ0n) is 14.0. The Hall–Kier alpha value is -1.53. The molecule has 0 saturated carbocycles. The Balaban J connectivity index is 2.66. The summed E-state index contributed by atoms with van der Waals surface area (Å²) in [4.78, 5) is 0. The maximum Gasteiger partial charge on any atom is 0.123 e. The van der Waals surface area contributed by atoms with Gasteiger partial charge in [-0.05, 0) is 36.9 Å². The lowest BCUT2D eigenvalue weighted by atomic mass is 9.85. The molecular formula is C18H28N2O. The molecule has 3 nitrogen and oxygen atoms in total. The van der Waals surface area contributed by atoms with Crippen LogP contribution >= 0.6 is 0 Å². The average molecular weight is 288 g/mol. The first-order valence-corrected chi connectivity index (χ1v) is 7.75. The van der Waals surface area contributed by atoms with Crippen molar-refractivity contribution in [2.75, 3.05) is 13.2 Å². The fourth-order valence-electron chi connectivity index (χ4n) is 2.17. The van der Waals surface area contributed by atoms with Crippen molar-refractivity contribution in [3.8, 4) is 11.8 Å². The van der Waals surface area contributed by atoms with Crippen LogP contribution in [0.5, 0.6) is 5.75 Å². The predicted octanol–water partition coefficient (Wildman–Crippen LogP) is 3.95. The number of hydrogen-bond acceptors (Lipinski definition) is 3. The zero-order chi connectivity index (χ0) is 15.9. The van der Waals surface area contributed by atoms with Crippen LogP contribution in [0.2, 0.25) is 0 Å². The second kappa shape index (κ2) is 8.05. The fraction of sp³-hybridized carbons (Fsp3) is 0.611. The van der Waals surface area contributed by atoms with E-state index in [4.69, 9.17) is 10.00 Å². The molecule has 1 rings (SSSR count). The molecule has 1 aromatic carbocycles. The van der Waals surface area contributed by atoms with Gasteiger partial charge in [-0.15, -0.1) is 0 Å². The Morgan fingerprint density at radius 2 is 2.05 bits per heavy atom. The van der Waals surface area contributed by atoms with E-state index in [9.17, 15) is 0 Å². The second-order valence-electron chi connectivity index (χ2n) is 6.52. The van der Waals surface area contributed by atoms with Crippen LogP contribution in [-0.2, 0) is 5.41 Å². The number of hydrogen-bond donors (Lipinski definition) is 1. The van der Waals surface area contributed by atoms with Crippen LogP contribution in [0.4, 0.5) is 0 Å². The minimum atomic E-state index is -0.131. The van der Waals surface area contributed by atoms with Crippen LogP contribution in [0.15, 0.2) is 18.2 Å². The topological polar surface area (TPSA) is 45.0 Å². The van der Waals surface area contributed by atoms with Crippen LogP contribution in [0, 0.1) is 18.3 Å². The summed E-state index contributed by atoms with van der Waals surface area (Å²) in [7, 11) is 0. The van der Waals surface area contributed by atoms with Crippen molar-refractivity contribution < 1.29 is 4.74 Å². The normalized spacial score (nSPS) is 12.8. The molecule has 0 amide bonds. The fourth-order valence-corrected chi connectivity index (χ4v) is 2.17. The van der Waals surface area contributed by atoms with Gasteiger partial charge in [-0.3, -0.25) is 0 Å². The molecule has 0 bridgehead atoms. The summed E-state index contributed by atoms with van der Waals surface area (Å²) in [5, 5.41) is 12.3. The number of nitrogens with one attached hydrogen (secondary N) is 1. The highest BCUT2D eigenvalue weighted by atomic mass is 16.5. The SMILES string of the molecule is CCCNC(C#N)CCOc1ccc(C)cc1C(C)(C)C. The van der Waals surface area contributed by atoms with Crippen molar-refractivity contribution in [1.82, 2.24) is 5.32 Å². The quantitative estimate of drug-likeness (QED) is 0.826. The van der Waals surface area contributed by atoms with Gasteiger partial charge in [0, 0.05) is 6.42 Å². The molecule has 21 heavy (non-hydrogen) atoms. The molecule has 1 unspecified atom stereocenters. The van der Waals surface area contributed by atoms with Gasteiger partial charge in [-0.1, -0.05) is 45.4 Å². The van der Waals surface area contributed by atoms with Gasteiger partial charge in [-0.2, -0.15) is 5.26 Å². The Bertz CT molecular complexity index is 483. The Morgan fingerprint density at radius 3 is 2.62 bits per heavy atom. The summed E-state index contributed by atoms with van der Waals surface area (Å²) >= 11 is 0. The van der Waals surface area contributed by atoms with Crippen LogP contribution in [0.1, 0.15) is 51.7 Å². The van der Waals surface area contributed by atoms with Crippen LogP contribution in [0.25, 0.3) is 0 Å². The zero-order valence-corrected chi connectivity index (χ0v) is 14.0. The van der Waals surface area contributed by atoms with E-state index in [2.05, 4.69) is 58.1 Å². The van der Waals surface area contributed by atoms with Gasteiger partial charge in [0.2, 0.25) is 0 Å². The number of nitrogens with zero attached hydrogens (tertiary/aromatic N) is 1. The number of nitriles is 1. The third-order valence-electron chi connectivity index (χ3n) is 3.40. The summed E-state index contributed by atoms with van der Waals surface area (Å²) in [6.07, 6.45) is 1.74. The first-order valence-electron chi connectivity index (χ1n) is 7.75. The van der Waals surface area contributed by atoms with Gasteiger partial charge >= 0.3 is 0 Å². The van der Waals surface area contributed by atoms with E-state index in [1.54, 1.807) is 0 Å². The molecule has 0 heterocycles. The molecule has 0 aliphatic carbocycles. The average Bonchev–Trinajstić information content (AvgIpc) is 2.43. The Kier molecular flexibility index (Phi) is 6.71. The molecule has 0 aliphatic rings. The summed E-state index contributed by atoms with van der Waals surface area (Å²) in [5.74, 6) is 0.931. The Morgan fingerprint density at radius 1 is 1.33 bits per heavy atom. The van der Waals surface area contributed by atoms with Crippen LogP contribution < -0.4 is 10.1 Å². The smallest absolute Gasteiger partial charge is 0.123 e. The number of benzene rings is 1. The molecule has 1 N–H and O–H groups in total. The number of ether oxygens (including phenoxy) is 1. The van der Waals surface area contributed by atoms with Gasteiger partial charge in [-0.25, -0.2) is 0 Å². The summed E-state index contributed by atoms with van der Waals surface area (Å²) in [5.41, 5.74) is 2.51. The standard InChI is InChI=1S/C18H28N2O/c1-6-10-20-15(13-19)9-11-21-17-8-7-14(2)12-16(17)18(3,4)5/h7-8,12,15,20H,6,9-11H2,1-5H3. The maximum absolute atomic E-state index is 9.10. The van der Waals surface area contributed by atoms with E-state index < -0.39 is 0 Å². The number of aryl methyl sites for hydroxylation is 1. The molecule has 3 heteroatoms. The van der Waals surface area contributed by atoms with Crippen molar-refractivity contribution in [3.63, 3.8) is 0 Å². The van der Waals surface area contributed by atoms with Gasteiger partial charge in [0.25, 0.3) is 0 Å². The van der Waals surface area contributed by atoms with E-state index in [0.717, 1.165) is 18.7 Å².